The van der Waals surface area contributed by atoms with Crippen LogP contribution < -0.4 is 10.1 Å². The Morgan fingerprint density at radius 3 is 2.24 bits per heavy atom. The Balaban J connectivity index is 1.88. The van der Waals surface area contributed by atoms with Crippen molar-refractivity contribution in [3.05, 3.63) is 102 Å². The average Bonchev–Trinajstić information content (AvgIpc) is 2.84. The number of nitrogens with zero attached hydrogens (tertiary/aromatic N) is 1. The molecule has 172 valence electrons. The van der Waals surface area contributed by atoms with E-state index < -0.39 is 6.04 Å². The van der Waals surface area contributed by atoms with Crippen LogP contribution in [0.2, 0.25) is 0 Å². The molecule has 1 atom stereocenters. The number of benzene rings is 3. The Morgan fingerprint density at radius 1 is 0.909 bits per heavy atom. The molecule has 0 bridgehead atoms. The quantitative estimate of drug-likeness (QED) is 0.472. The maximum Gasteiger partial charge on any atom is 0.261 e. The third kappa shape index (κ3) is 7.49. The van der Waals surface area contributed by atoms with Crippen LogP contribution >= 0.6 is 0 Å². The Kier molecular flexibility index (Phi) is 9.07. The smallest absolute Gasteiger partial charge is 0.261 e. The number of carbonyl (C=O) groups excluding carboxylic acids is 2. The fourth-order valence-corrected chi connectivity index (χ4v) is 3.67. The number of nitrogens with one attached hydrogen (secondary N) is 1. The zero-order chi connectivity index (χ0) is 23.5. The van der Waals surface area contributed by atoms with Crippen molar-refractivity contribution in [1.82, 2.24) is 10.2 Å². The first kappa shape index (κ1) is 24.1. The average molecular weight is 445 g/mol. The molecule has 0 radical (unpaired) electrons. The standard InChI is InChI=1S/C28H32N2O3/c1-3-17-29-28(32)26(19-23-12-6-4-7-13-23)30(20-24-14-10-11-22(2)18-24)27(31)21-33-25-15-8-5-9-16-25/h4-16,18,26H,3,17,19-21H2,1-2H3,(H,29,32)/t26-/m0/s1. The SMILES string of the molecule is CCCNC(=O)[C@H](Cc1ccccc1)N(Cc1cccc(C)c1)C(=O)COc1ccccc1. The second-order valence-corrected chi connectivity index (χ2v) is 8.11. The molecule has 0 heterocycles. The molecule has 0 unspecified atom stereocenters. The number of para-hydroxylation sites is 1. The van der Waals surface area contributed by atoms with Crippen LogP contribution in [0.3, 0.4) is 0 Å². The van der Waals surface area contributed by atoms with Gasteiger partial charge in [0.05, 0.1) is 0 Å². The van der Waals surface area contributed by atoms with Crippen LogP contribution in [0.5, 0.6) is 5.75 Å². The summed E-state index contributed by atoms with van der Waals surface area (Å²) in [6.07, 6.45) is 1.26. The van der Waals surface area contributed by atoms with Gasteiger partial charge in [-0.25, -0.2) is 0 Å². The first-order valence-electron chi connectivity index (χ1n) is 11.4. The van der Waals surface area contributed by atoms with E-state index in [2.05, 4.69) is 5.32 Å². The predicted octanol–water partition coefficient (Wildman–Crippen LogP) is 4.54. The van der Waals surface area contributed by atoms with Crippen LogP contribution in [0.4, 0.5) is 0 Å². The minimum atomic E-state index is -0.647. The number of hydrogen-bond acceptors (Lipinski definition) is 3. The Morgan fingerprint density at radius 2 is 1.58 bits per heavy atom. The molecule has 0 aromatic heterocycles. The van der Waals surface area contributed by atoms with Gasteiger partial charge < -0.3 is 15.0 Å². The molecule has 3 aromatic rings. The molecule has 0 fully saturated rings. The first-order chi connectivity index (χ1) is 16.1. The van der Waals surface area contributed by atoms with Gasteiger partial charge in [-0.15, -0.1) is 0 Å². The molecule has 0 saturated heterocycles. The predicted molar refractivity (Wildman–Crippen MR) is 131 cm³/mol. The van der Waals surface area contributed by atoms with Crippen LogP contribution in [0, 0.1) is 6.92 Å². The normalized spacial score (nSPS) is 11.5. The summed E-state index contributed by atoms with van der Waals surface area (Å²) in [5, 5.41) is 2.99. The molecular formula is C28H32N2O3. The molecule has 5 heteroatoms. The Bertz CT molecular complexity index is 1020. The lowest BCUT2D eigenvalue weighted by atomic mass is 10.0. The molecule has 1 N–H and O–H groups in total. The molecule has 3 rings (SSSR count). The van der Waals surface area contributed by atoms with Crippen molar-refractivity contribution in [2.24, 2.45) is 0 Å². The minimum absolute atomic E-state index is 0.137. The number of hydrogen-bond donors (Lipinski definition) is 1. The van der Waals surface area contributed by atoms with Gasteiger partial charge in [0.25, 0.3) is 5.91 Å². The van der Waals surface area contributed by atoms with Crippen molar-refractivity contribution in [2.45, 2.75) is 39.3 Å². The molecule has 0 aliphatic carbocycles. The van der Waals surface area contributed by atoms with Gasteiger partial charge in [-0.1, -0.05) is 85.3 Å². The minimum Gasteiger partial charge on any atom is -0.484 e. The van der Waals surface area contributed by atoms with E-state index in [9.17, 15) is 9.59 Å². The highest BCUT2D eigenvalue weighted by Crippen LogP contribution is 2.17. The van der Waals surface area contributed by atoms with E-state index in [0.29, 0.717) is 25.3 Å². The van der Waals surface area contributed by atoms with Crippen LogP contribution in [0.15, 0.2) is 84.9 Å². The van der Waals surface area contributed by atoms with E-state index in [-0.39, 0.29) is 18.4 Å². The van der Waals surface area contributed by atoms with E-state index in [1.807, 2.05) is 98.8 Å². The molecule has 3 aromatic carbocycles. The number of carbonyl (C=O) groups is 2. The second-order valence-electron chi connectivity index (χ2n) is 8.11. The summed E-state index contributed by atoms with van der Waals surface area (Å²) in [7, 11) is 0. The maximum atomic E-state index is 13.4. The van der Waals surface area contributed by atoms with Gasteiger partial charge in [-0.3, -0.25) is 9.59 Å². The molecule has 5 nitrogen and oxygen atoms in total. The van der Waals surface area contributed by atoms with Gasteiger partial charge in [-0.2, -0.15) is 0 Å². The summed E-state index contributed by atoms with van der Waals surface area (Å²) in [4.78, 5) is 28.3. The molecule has 33 heavy (non-hydrogen) atoms. The van der Waals surface area contributed by atoms with E-state index in [1.165, 1.54) is 0 Å². The summed E-state index contributed by atoms with van der Waals surface area (Å²) >= 11 is 0. The zero-order valence-corrected chi connectivity index (χ0v) is 19.4. The fourth-order valence-electron chi connectivity index (χ4n) is 3.67. The highest BCUT2D eigenvalue weighted by molar-refractivity contribution is 5.88. The van der Waals surface area contributed by atoms with Crippen molar-refractivity contribution in [2.75, 3.05) is 13.2 Å². The molecule has 0 aliphatic rings. The summed E-state index contributed by atoms with van der Waals surface area (Å²) in [5.41, 5.74) is 3.08. The van der Waals surface area contributed by atoms with E-state index in [4.69, 9.17) is 4.74 Å². The van der Waals surface area contributed by atoms with E-state index in [0.717, 1.165) is 23.1 Å². The Labute approximate surface area is 196 Å². The van der Waals surface area contributed by atoms with Gasteiger partial charge in [0.2, 0.25) is 5.91 Å². The second kappa shape index (κ2) is 12.4. The number of rotatable bonds is 11. The van der Waals surface area contributed by atoms with Gasteiger partial charge in [-0.05, 0) is 36.6 Å². The summed E-state index contributed by atoms with van der Waals surface area (Å²) in [5.74, 6) is 0.241. The monoisotopic (exact) mass is 444 g/mol. The van der Waals surface area contributed by atoms with Crippen molar-refractivity contribution in [3.63, 3.8) is 0 Å². The largest absolute Gasteiger partial charge is 0.484 e. The number of aryl methyl sites for hydroxylation is 1. The van der Waals surface area contributed by atoms with Crippen LogP contribution in [0.25, 0.3) is 0 Å². The van der Waals surface area contributed by atoms with Crippen LogP contribution in [-0.4, -0.2) is 35.9 Å². The maximum absolute atomic E-state index is 13.4. The van der Waals surface area contributed by atoms with Crippen molar-refractivity contribution in [1.29, 1.82) is 0 Å². The summed E-state index contributed by atoms with van der Waals surface area (Å²) < 4.78 is 5.75. The Hall–Kier alpha value is -3.60. The van der Waals surface area contributed by atoms with Gasteiger partial charge in [0.15, 0.2) is 6.61 Å². The van der Waals surface area contributed by atoms with E-state index >= 15 is 0 Å². The number of ether oxygens (including phenoxy) is 1. The highest BCUT2D eigenvalue weighted by atomic mass is 16.5. The lowest BCUT2D eigenvalue weighted by Gasteiger charge is -2.31. The topological polar surface area (TPSA) is 58.6 Å². The van der Waals surface area contributed by atoms with Gasteiger partial charge >= 0.3 is 0 Å². The molecule has 2 amide bonds. The van der Waals surface area contributed by atoms with Crippen LogP contribution in [0.1, 0.15) is 30.0 Å². The van der Waals surface area contributed by atoms with E-state index in [1.54, 1.807) is 4.90 Å². The van der Waals surface area contributed by atoms with Crippen molar-refractivity contribution in [3.8, 4) is 5.75 Å². The van der Waals surface area contributed by atoms with Gasteiger partial charge in [0, 0.05) is 19.5 Å². The summed E-state index contributed by atoms with van der Waals surface area (Å²) in [6.45, 7) is 4.79. The third-order valence-corrected chi connectivity index (χ3v) is 5.36. The number of amides is 2. The van der Waals surface area contributed by atoms with Gasteiger partial charge in [0.1, 0.15) is 11.8 Å². The van der Waals surface area contributed by atoms with Crippen molar-refractivity contribution >= 4 is 11.8 Å². The lowest BCUT2D eigenvalue weighted by Crippen LogP contribution is -2.51. The molecular weight excluding hydrogens is 412 g/mol. The third-order valence-electron chi connectivity index (χ3n) is 5.36. The molecule has 0 aliphatic heterocycles. The summed E-state index contributed by atoms with van der Waals surface area (Å²) in [6, 6.07) is 26.4. The lowest BCUT2D eigenvalue weighted by molar-refractivity contribution is -0.142. The zero-order valence-electron chi connectivity index (χ0n) is 19.4. The first-order valence-corrected chi connectivity index (χ1v) is 11.4. The van der Waals surface area contributed by atoms with Crippen molar-refractivity contribution < 1.29 is 14.3 Å². The molecule has 0 spiro atoms. The van der Waals surface area contributed by atoms with Crippen LogP contribution in [-0.2, 0) is 22.6 Å². The highest BCUT2D eigenvalue weighted by Gasteiger charge is 2.30. The molecule has 0 saturated carbocycles. The fraction of sp³-hybridized carbons (Fsp3) is 0.286.